The van der Waals surface area contributed by atoms with Gasteiger partial charge in [0.05, 0.1) is 5.51 Å². The number of hydrogen-bond acceptors (Lipinski definition) is 12. The molecule has 2 amide bonds. The zero-order valence-corrected chi connectivity index (χ0v) is 19.7. The average Bonchev–Trinajstić information content (AvgIpc) is 3.34. The molecule has 0 spiro atoms. The van der Waals surface area contributed by atoms with E-state index >= 15 is 0 Å². The molecule has 4 rings (SSSR count). The number of H-pyrrole nitrogens is 1. The van der Waals surface area contributed by atoms with Crippen molar-refractivity contribution in [2.45, 2.75) is 16.4 Å². The minimum atomic E-state index is -1.57. The van der Waals surface area contributed by atoms with E-state index in [1.807, 2.05) is 0 Å². The Hall–Kier alpha value is -3.37. The number of aromatic amines is 1. The van der Waals surface area contributed by atoms with Gasteiger partial charge in [-0.3, -0.25) is 19.3 Å². The summed E-state index contributed by atoms with van der Waals surface area (Å²) in [6.07, 6.45) is -1.57. The van der Waals surface area contributed by atoms with Gasteiger partial charge in [0.2, 0.25) is 5.88 Å². The number of carbonyl (C=O) groups is 3. The van der Waals surface area contributed by atoms with Gasteiger partial charge in [0.25, 0.3) is 17.4 Å². The van der Waals surface area contributed by atoms with Crippen LogP contribution in [0.1, 0.15) is 5.69 Å². The number of nitrogens with zero attached hydrogens (tertiary/aromatic N) is 4. The molecule has 178 valence electrons. The predicted octanol–water partition coefficient (Wildman–Crippen LogP) is 0.675. The SMILES string of the molecule is CON=C(C(=O)NC1C(=O)N2C(OC(=O)O)=C(CSc3ccc(=O)[nH]n3)CS[C@@H]12)c1cscn1. The normalized spacial score (nSPS) is 19.9. The van der Waals surface area contributed by atoms with Crippen molar-refractivity contribution in [2.24, 2.45) is 5.16 Å². The molecule has 13 nitrogen and oxygen atoms in total. The average molecular weight is 525 g/mol. The maximum absolute atomic E-state index is 12.9. The topological polar surface area (TPSA) is 176 Å². The molecule has 0 aromatic carbocycles. The molecule has 2 aromatic rings. The molecule has 34 heavy (non-hydrogen) atoms. The monoisotopic (exact) mass is 524 g/mol. The van der Waals surface area contributed by atoms with Gasteiger partial charge in [0.1, 0.15) is 29.2 Å². The lowest BCUT2D eigenvalue weighted by Gasteiger charge is -2.49. The van der Waals surface area contributed by atoms with Crippen LogP contribution in [0.2, 0.25) is 0 Å². The van der Waals surface area contributed by atoms with Crippen LogP contribution >= 0.6 is 34.9 Å². The number of thiazole rings is 1. The van der Waals surface area contributed by atoms with E-state index in [0.717, 1.165) is 0 Å². The van der Waals surface area contributed by atoms with Gasteiger partial charge in [-0.15, -0.1) is 23.1 Å². The summed E-state index contributed by atoms with van der Waals surface area (Å²) in [5, 5.41) is 23.3. The van der Waals surface area contributed by atoms with E-state index in [9.17, 15) is 24.3 Å². The summed E-state index contributed by atoms with van der Waals surface area (Å²) in [5.74, 6) is -0.640. The van der Waals surface area contributed by atoms with Gasteiger partial charge >= 0.3 is 6.16 Å². The van der Waals surface area contributed by atoms with Crippen molar-refractivity contribution in [3.63, 3.8) is 0 Å². The summed E-state index contributed by atoms with van der Waals surface area (Å²) in [6.45, 7) is 0. The molecule has 2 atom stereocenters. The lowest BCUT2D eigenvalue weighted by Crippen LogP contribution is -2.70. The van der Waals surface area contributed by atoms with Crippen LogP contribution < -0.4 is 10.9 Å². The van der Waals surface area contributed by atoms with Crippen molar-refractivity contribution < 1.29 is 29.1 Å². The fourth-order valence-electron chi connectivity index (χ4n) is 3.12. The number of rotatable bonds is 8. The highest BCUT2D eigenvalue weighted by molar-refractivity contribution is 8.01. The Bertz CT molecular complexity index is 1210. The minimum Gasteiger partial charge on any atom is -0.449 e. The van der Waals surface area contributed by atoms with Crippen LogP contribution in [0.5, 0.6) is 0 Å². The number of amides is 2. The minimum absolute atomic E-state index is 0.0844. The van der Waals surface area contributed by atoms with E-state index in [4.69, 9.17) is 9.57 Å². The van der Waals surface area contributed by atoms with Gasteiger partial charge in [-0.25, -0.2) is 14.9 Å². The fraction of sp³-hybridized carbons (Fsp3) is 0.278. The molecule has 0 aliphatic carbocycles. The van der Waals surface area contributed by atoms with E-state index in [2.05, 4.69) is 25.7 Å². The molecule has 0 radical (unpaired) electrons. The van der Waals surface area contributed by atoms with Crippen molar-refractivity contribution >= 4 is 58.5 Å². The zero-order valence-electron chi connectivity index (χ0n) is 17.3. The van der Waals surface area contributed by atoms with Gasteiger partial charge < -0.3 is 20.0 Å². The Kier molecular flexibility index (Phi) is 7.18. The van der Waals surface area contributed by atoms with Gasteiger partial charge in [-0.1, -0.05) is 16.9 Å². The molecule has 2 aliphatic heterocycles. The number of fused-ring (bicyclic) bond motifs is 1. The van der Waals surface area contributed by atoms with Crippen LogP contribution in [0.3, 0.4) is 0 Å². The number of oxime groups is 1. The zero-order chi connectivity index (χ0) is 24.2. The Morgan fingerprint density at radius 3 is 2.88 bits per heavy atom. The quantitative estimate of drug-likeness (QED) is 0.145. The number of thioether (sulfide) groups is 2. The van der Waals surface area contributed by atoms with Crippen LogP contribution in [0.25, 0.3) is 0 Å². The lowest BCUT2D eigenvalue weighted by molar-refractivity contribution is -0.148. The summed E-state index contributed by atoms with van der Waals surface area (Å²) < 4.78 is 4.95. The van der Waals surface area contributed by atoms with Crippen molar-refractivity contribution in [2.75, 3.05) is 18.6 Å². The lowest BCUT2D eigenvalue weighted by atomic mass is 10.1. The molecule has 1 saturated heterocycles. The third-order valence-corrected chi connectivity index (χ3v) is 7.53. The number of aromatic nitrogens is 3. The summed E-state index contributed by atoms with van der Waals surface area (Å²) in [7, 11) is 1.29. The van der Waals surface area contributed by atoms with Gasteiger partial charge in [0, 0.05) is 28.5 Å². The van der Waals surface area contributed by atoms with Gasteiger partial charge in [0.15, 0.2) is 5.71 Å². The van der Waals surface area contributed by atoms with Crippen LogP contribution in [0.15, 0.2) is 49.5 Å². The van der Waals surface area contributed by atoms with Crippen molar-refractivity contribution in [3.8, 4) is 0 Å². The van der Waals surface area contributed by atoms with Gasteiger partial charge in [-0.2, -0.15) is 5.10 Å². The maximum Gasteiger partial charge on any atom is 0.512 e. The summed E-state index contributed by atoms with van der Waals surface area (Å²) in [5.41, 5.74) is 1.96. The molecule has 0 bridgehead atoms. The van der Waals surface area contributed by atoms with E-state index in [1.165, 1.54) is 64.5 Å². The van der Waals surface area contributed by atoms with Crippen LogP contribution in [-0.4, -0.2) is 78.9 Å². The molecular formula is C18H16N6O7S3. The smallest absolute Gasteiger partial charge is 0.449 e. The molecule has 3 N–H and O–H groups in total. The molecule has 4 heterocycles. The summed E-state index contributed by atoms with van der Waals surface area (Å²) >= 11 is 3.86. The molecule has 1 unspecified atom stereocenters. The van der Waals surface area contributed by atoms with Gasteiger partial charge in [-0.05, 0) is 6.07 Å². The van der Waals surface area contributed by atoms with E-state index < -0.39 is 29.4 Å². The molecule has 16 heteroatoms. The third kappa shape index (κ3) is 4.92. The molecule has 1 fully saturated rings. The van der Waals surface area contributed by atoms with Crippen LogP contribution in [0.4, 0.5) is 4.79 Å². The maximum atomic E-state index is 12.9. The molecule has 0 saturated carbocycles. The second-order valence-corrected chi connectivity index (χ2v) is 9.50. The Labute approximate surface area is 203 Å². The standard InChI is InChI=1S/C18H16N6O7S3/c1-30-23-12(9-6-32-7-19-9)14(26)20-13-15(27)24-16(31-18(28)29)8(5-34-17(13)24)4-33-11-3-2-10(25)21-22-11/h2-3,6-7,13,17H,4-5H2,1H3,(H,20,26)(H,21,25)(H,28,29)/t13?,17-/m0/s1. The number of carbonyl (C=O) groups excluding carboxylic acids is 2. The Morgan fingerprint density at radius 1 is 1.41 bits per heavy atom. The number of nitrogens with one attached hydrogen (secondary N) is 2. The molecule has 2 aromatic heterocycles. The fourth-order valence-corrected chi connectivity index (χ4v) is 5.93. The Morgan fingerprint density at radius 2 is 2.24 bits per heavy atom. The highest BCUT2D eigenvalue weighted by atomic mass is 32.2. The van der Waals surface area contributed by atoms with Crippen LogP contribution in [0, 0.1) is 0 Å². The first kappa shape index (κ1) is 23.8. The number of ether oxygens (including phenoxy) is 1. The largest absolute Gasteiger partial charge is 0.512 e. The van der Waals surface area contributed by atoms with Crippen molar-refractivity contribution in [1.82, 2.24) is 25.4 Å². The highest BCUT2D eigenvalue weighted by Gasteiger charge is 2.54. The van der Waals surface area contributed by atoms with E-state index in [0.29, 0.717) is 22.0 Å². The second-order valence-electron chi connectivity index (χ2n) is 6.68. The molecular weight excluding hydrogens is 508 g/mol. The first-order valence-corrected chi connectivity index (χ1v) is 12.4. The highest BCUT2D eigenvalue weighted by Crippen LogP contribution is 2.41. The Balaban J connectivity index is 1.49. The van der Waals surface area contributed by atoms with Crippen molar-refractivity contribution in [1.29, 1.82) is 0 Å². The first-order chi connectivity index (χ1) is 16.4. The second kappa shape index (κ2) is 10.3. The third-order valence-electron chi connectivity index (χ3n) is 4.58. The predicted molar refractivity (Wildman–Crippen MR) is 122 cm³/mol. The number of carboxylic acid groups (broad SMARTS) is 1. The molecule has 2 aliphatic rings. The summed E-state index contributed by atoms with van der Waals surface area (Å²) in [6, 6.07) is 1.94. The first-order valence-electron chi connectivity index (χ1n) is 9.45. The number of hydrogen-bond donors (Lipinski definition) is 3. The van der Waals surface area contributed by atoms with E-state index in [-0.39, 0.29) is 22.9 Å². The number of β-lactam (4-membered cyclic amide) rings is 1. The van der Waals surface area contributed by atoms with E-state index in [1.54, 1.807) is 5.38 Å². The van der Waals surface area contributed by atoms with Crippen LogP contribution in [-0.2, 0) is 19.2 Å². The summed E-state index contributed by atoms with van der Waals surface area (Å²) in [4.78, 5) is 58.1. The van der Waals surface area contributed by atoms with Crippen molar-refractivity contribution in [3.05, 3.63) is 50.5 Å².